The molecule has 0 fully saturated rings. The Bertz CT molecular complexity index is 679. The number of unbranched alkanes of at least 4 members (excludes halogenated alkanes) is 1. The van der Waals surface area contributed by atoms with Crippen LogP contribution >= 0.6 is 23.4 Å². The highest BCUT2D eigenvalue weighted by molar-refractivity contribution is 8.00. The Morgan fingerprint density at radius 2 is 2.04 bits per heavy atom. The van der Waals surface area contributed by atoms with Crippen molar-refractivity contribution in [3.05, 3.63) is 23.2 Å². The van der Waals surface area contributed by atoms with E-state index in [0.29, 0.717) is 17.4 Å². The van der Waals surface area contributed by atoms with Gasteiger partial charge in [0, 0.05) is 4.90 Å². The molecular formula is C17H26ClNO4S2. The first-order chi connectivity index (χ1) is 11.7. The highest BCUT2D eigenvalue weighted by Crippen LogP contribution is 2.34. The van der Waals surface area contributed by atoms with Gasteiger partial charge in [-0.25, -0.2) is 13.6 Å². The lowest BCUT2D eigenvalue weighted by Gasteiger charge is -2.17. The summed E-state index contributed by atoms with van der Waals surface area (Å²) in [4.78, 5) is 12.5. The van der Waals surface area contributed by atoms with E-state index in [-0.39, 0.29) is 15.9 Å². The van der Waals surface area contributed by atoms with E-state index in [0.717, 1.165) is 37.4 Å². The van der Waals surface area contributed by atoms with Crippen molar-refractivity contribution in [1.82, 2.24) is 0 Å². The fourth-order valence-electron chi connectivity index (χ4n) is 2.26. The van der Waals surface area contributed by atoms with Crippen molar-refractivity contribution >= 4 is 39.4 Å². The third-order valence-corrected chi connectivity index (χ3v) is 6.60. The van der Waals surface area contributed by atoms with Crippen LogP contribution in [0.15, 0.2) is 28.0 Å². The largest absolute Gasteiger partial charge is 0.465 e. The molecule has 0 aliphatic heterocycles. The molecule has 0 saturated heterocycles. The predicted molar refractivity (Wildman–Crippen MR) is 102 cm³/mol. The Kier molecular flexibility index (Phi) is 9.27. The van der Waals surface area contributed by atoms with Gasteiger partial charge in [0.25, 0.3) is 0 Å². The molecule has 2 atom stereocenters. The van der Waals surface area contributed by atoms with E-state index in [1.54, 1.807) is 19.1 Å². The maximum absolute atomic E-state index is 12.2. The molecule has 0 aliphatic rings. The fourth-order valence-corrected chi connectivity index (χ4v) is 4.45. The number of esters is 1. The molecule has 142 valence electrons. The van der Waals surface area contributed by atoms with Gasteiger partial charge in [0.2, 0.25) is 10.0 Å². The van der Waals surface area contributed by atoms with Crippen molar-refractivity contribution in [2.75, 3.05) is 6.61 Å². The zero-order chi connectivity index (χ0) is 19.0. The number of nitrogens with two attached hydrogens (primary N) is 1. The Morgan fingerprint density at radius 3 is 2.60 bits per heavy atom. The average molecular weight is 408 g/mol. The molecule has 0 aromatic heterocycles. The number of carbonyl (C=O) groups excluding carboxylic acids is 1. The molecule has 2 unspecified atom stereocenters. The van der Waals surface area contributed by atoms with Crippen molar-refractivity contribution in [3.8, 4) is 0 Å². The van der Waals surface area contributed by atoms with Gasteiger partial charge in [-0.1, -0.05) is 50.8 Å². The first-order valence-corrected chi connectivity index (χ1v) is 11.2. The van der Waals surface area contributed by atoms with E-state index in [1.807, 2.05) is 0 Å². The number of rotatable bonds is 10. The molecule has 0 amide bonds. The third kappa shape index (κ3) is 7.17. The van der Waals surface area contributed by atoms with Crippen LogP contribution in [0.3, 0.4) is 0 Å². The number of thioether (sulfide) groups is 1. The second-order valence-electron chi connectivity index (χ2n) is 5.92. The molecule has 0 spiro atoms. The minimum atomic E-state index is -3.91. The number of hydrogen-bond acceptors (Lipinski definition) is 5. The Morgan fingerprint density at radius 1 is 1.36 bits per heavy atom. The van der Waals surface area contributed by atoms with Gasteiger partial charge in [-0.15, -0.1) is 11.8 Å². The van der Waals surface area contributed by atoms with Crippen LogP contribution in [0.1, 0.15) is 46.5 Å². The van der Waals surface area contributed by atoms with Crippen LogP contribution in [-0.2, 0) is 19.6 Å². The smallest absolute Gasteiger partial charge is 0.319 e. The van der Waals surface area contributed by atoms with Gasteiger partial charge in [-0.05, 0) is 31.4 Å². The molecule has 1 rings (SSSR count). The van der Waals surface area contributed by atoms with E-state index >= 15 is 0 Å². The van der Waals surface area contributed by atoms with E-state index in [2.05, 4.69) is 13.8 Å². The topological polar surface area (TPSA) is 86.5 Å². The van der Waals surface area contributed by atoms with Crippen LogP contribution < -0.4 is 5.14 Å². The van der Waals surface area contributed by atoms with Gasteiger partial charge in [-0.3, -0.25) is 4.79 Å². The quantitative estimate of drug-likeness (QED) is 0.463. The summed E-state index contributed by atoms with van der Waals surface area (Å²) in [6.07, 6.45) is 4.26. The summed E-state index contributed by atoms with van der Waals surface area (Å²) in [5.74, 6) is 0.0347. The monoisotopic (exact) mass is 407 g/mol. The molecule has 2 N–H and O–H groups in total. The minimum Gasteiger partial charge on any atom is -0.465 e. The molecular weight excluding hydrogens is 382 g/mol. The van der Waals surface area contributed by atoms with Crippen LogP contribution in [0.2, 0.25) is 5.02 Å². The van der Waals surface area contributed by atoms with Crippen molar-refractivity contribution < 1.29 is 17.9 Å². The number of ether oxygens (including phenoxy) is 1. The summed E-state index contributed by atoms with van der Waals surface area (Å²) in [5.41, 5.74) is 0. The summed E-state index contributed by atoms with van der Waals surface area (Å²) in [5, 5.41) is 4.67. The van der Waals surface area contributed by atoms with Gasteiger partial charge in [-0.2, -0.15) is 0 Å². The van der Waals surface area contributed by atoms with Crippen molar-refractivity contribution in [2.24, 2.45) is 11.1 Å². The Hall–Kier alpha value is -0.760. The summed E-state index contributed by atoms with van der Waals surface area (Å²) in [7, 11) is -3.91. The Labute approximate surface area is 159 Å². The van der Waals surface area contributed by atoms with E-state index in [9.17, 15) is 13.2 Å². The average Bonchev–Trinajstić information content (AvgIpc) is 2.55. The number of sulfonamides is 1. The van der Waals surface area contributed by atoms with Crippen LogP contribution in [0.25, 0.3) is 0 Å². The van der Waals surface area contributed by atoms with Crippen molar-refractivity contribution in [2.45, 2.75) is 61.5 Å². The molecule has 1 aromatic rings. The van der Waals surface area contributed by atoms with Gasteiger partial charge in [0.15, 0.2) is 0 Å². The number of carbonyl (C=O) groups is 1. The lowest BCUT2D eigenvalue weighted by Crippen LogP contribution is -2.21. The molecule has 8 heteroatoms. The zero-order valence-corrected chi connectivity index (χ0v) is 17.2. The van der Waals surface area contributed by atoms with E-state index in [4.69, 9.17) is 21.5 Å². The molecule has 0 bridgehead atoms. The highest BCUT2D eigenvalue weighted by atomic mass is 35.5. The summed E-state index contributed by atoms with van der Waals surface area (Å²) in [6.45, 7) is 6.34. The third-order valence-electron chi connectivity index (χ3n) is 3.87. The lowest BCUT2D eigenvalue weighted by molar-refractivity contribution is -0.144. The number of hydrogen-bond donors (Lipinski definition) is 1. The molecule has 5 nitrogen and oxygen atoms in total. The van der Waals surface area contributed by atoms with Crippen LogP contribution in [-0.4, -0.2) is 26.2 Å². The molecule has 25 heavy (non-hydrogen) atoms. The number of primary sulfonamides is 1. The maximum Gasteiger partial charge on any atom is 0.319 e. The standard InChI is InChI=1S/C17H26ClNO4S2/c1-4-6-8-13(5-2)11-23-17(20)12(3)24-14-9-7-10-15(16(14)18)25(19,21)22/h7,9-10,12-13H,4-6,8,11H2,1-3H3,(H2,19,21,22). The molecule has 0 radical (unpaired) electrons. The number of halogens is 1. The fraction of sp³-hybridized carbons (Fsp3) is 0.588. The number of benzene rings is 1. The molecule has 0 aliphatic carbocycles. The second-order valence-corrected chi connectivity index (χ2v) is 9.21. The van der Waals surface area contributed by atoms with Crippen LogP contribution in [0, 0.1) is 5.92 Å². The van der Waals surface area contributed by atoms with Crippen LogP contribution in [0.4, 0.5) is 0 Å². The normalized spacial score (nSPS) is 14.1. The molecule has 0 saturated carbocycles. The Balaban J connectivity index is 2.70. The first-order valence-electron chi connectivity index (χ1n) is 8.35. The SMILES string of the molecule is CCCCC(CC)COC(=O)C(C)Sc1cccc(S(N)(=O)=O)c1Cl. The molecule has 1 aromatic carbocycles. The van der Waals surface area contributed by atoms with Gasteiger partial charge >= 0.3 is 5.97 Å². The second kappa shape index (κ2) is 10.4. The maximum atomic E-state index is 12.2. The highest BCUT2D eigenvalue weighted by Gasteiger charge is 2.22. The lowest BCUT2D eigenvalue weighted by atomic mass is 10.0. The van der Waals surface area contributed by atoms with Gasteiger partial charge in [0.05, 0.1) is 11.6 Å². The van der Waals surface area contributed by atoms with Gasteiger partial charge < -0.3 is 4.74 Å². The van der Waals surface area contributed by atoms with Crippen molar-refractivity contribution in [3.63, 3.8) is 0 Å². The summed E-state index contributed by atoms with van der Waals surface area (Å²) >= 11 is 7.28. The van der Waals surface area contributed by atoms with Gasteiger partial charge in [0.1, 0.15) is 10.1 Å². The molecule has 0 heterocycles. The van der Waals surface area contributed by atoms with E-state index in [1.165, 1.54) is 6.07 Å². The summed E-state index contributed by atoms with van der Waals surface area (Å²) in [6, 6.07) is 4.54. The summed E-state index contributed by atoms with van der Waals surface area (Å²) < 4.78 is 28.4. The zero-order valence-electron chi connectivity index (χ0n) is 14.8. The van der Waals surface area contributed by atoms with Crippen molar-refractivity contribution in [1.29, 1.82) is 0 Å². The minimum absolute atomic E-state index is 0.0315. The van der Waals surface area contributed by atoms with E-state index < -0.39 is 15.3 Å². The van der Waals surface area contributed by atoms with Crippen LogP contribution in [0.5, 0.6) is 0 Å². The first kappa shape index (κ1) is 22.3. The predicted octanol–water partition coefficient (Wildman–Crippen LogP) is 4.23.